The van der Waals surface area contributed by atoms with E-state index in [0.717, 1.165) is 35.5 Å². The van der Waals surface area contributed by atoms with Crippen molar-refractivity contribution in [1.29, 1.82) is 0 Å². The second-order valence-corrected chi connectivity index (χ2v) is 10.8. The third-order valence-electron chi connectivity index (χ3n) is 8.53. The summed E-state index contributed by atoms with van der Waals surface area (Å²) in [5.41, 5.74) is 9.49. The Kier molecular flexibility index (Phi) is 4.70. The van der Waals surface area contributed by atoms with Crippen molar-refractivity contribution in [1.82, 2.24) is 14.1 Å². The molecule has 0 radical (unpaired) electrons. The highest BCUT2D eigenvalue weighted by Gasteiger charge is 2.26. The first-order valence-corrected chi connectivity index (χ1v) is 14.2. The number of hydrogen-bond donors (Lipinski definition) is 0. The maximum absolute atomic E-state index is 5.20. The minimum absolute atomic E-state index is 0.922. The highest BCUT2D eigenvalue weighted by atomic mass is 15.3. The lowest BCUT2D eigenvalue weighted by Crippen LogP contribution is -2.40. The molecule has 0 atom stereocenters. The number of benzene rings is 5. The number of hydrogen-bond acceptors (Lipinski definition) is 2. The van der Waals surface area contributed by atoms with Crippen LogP contribution >= 0.6 is 0 Å². The average Bonchev–Trinajstić information content (AvgIpc) is 3.59. The standard InChI is InChI=1S/C37H26N4/c1-3-12-26(13-4-1)40-32-19-9-7-16-28(32)30-24-25-22-23-39(34-21-11-17-29(35(25)34)36(30)40)37-38-31-18-8-10-20-33(31)41(37)27-14-5-2-6-15-27/h1-10,12-20,22-24H,11,21H2. The fraction of sp³-hybridized carbons (Fsp3) is 0.0541. The molecular weight excluding hydrogens is 500 g/mol. The van der Waals surface area contributed by atoms with Gasteiger partial charge in [-0.2, -0.15) is 0 Å². The van der Waals surface area contributed by atoms with E-state index in [1.165, 1.54) is 49.2 Å². The zero-order chi connectivity index (χ0) is 26.9. The molecule has 0 bridgehead atoms. The lowest BCUT2D eigenvalue weighted by atomic mass is 9.95. The van der Waals surface area contributed by atoms with Gasteiger partial charge in [0.05, 0.1) is 22.1 Å². The molecule has 0 saturated heterocycles. The van der Waals surface area contributed by atoms with Crippen LogP contribution in [0.5, 0.6) is 0 Å². The SMILES string of the molecule is C1=CN(c2nc3ccccc3n2-c2ccccc2)C2=c3c1cc1c4ccccc4n(-c4ccccc4)c1c3=CCC2. The lowest BCUT2D eigenvalue weighted by molar-refractivity contribution is 0.965. The molecule has 9 rings (SSSR count). The molecule has 0 saturated carbocycles. The maximum atomic E-state index is 5.20. The molecule has 0 amide bonds. The quantitative estimate of drug-likeness (QED) is 0.242. The molecule has 5 aromatic carbocycles. The topological polar surface area (TPSA) is 26.0 Å². The maximum Gasteiger partial charge on any atom is 0.219 e. The Hall–Kier alpha value is -5.35. The van der Waals surface area contributed by atoms with Crippen molar-refractivity contribution in [2.45, 2.75) is 12.8 Å². The van der Waals surface area contributed by atoms with E-state index in [-0.39, 0.29) is 0 Å². The van der Waals surface area contributed by atoms with Gasteiger partial charge in [-0.05, 0) is 73.0 Å². The van der Waals surface area contributed by atoms with Crippen LogP contribution in [0, 0.1) is 0 Å². The van der Waals surface area contributed by atoms with Crippen molar-refractivity contribution in [3.05, 3.63) is 137 Å². The average molecular weight is 527 g/mol. The van der Waals surface area contributed by atoms with Crippen LogP contribution < -0.4 is 15.3 Å². The number of aromatic nitrogens is 3. The molecule has 3 heterocycles. The molecule has 2 aliphatic rings. The van der Waals surface area contributed by atoms with E-state index in [9.17, 15) is 0 Å². The predicted molar refractivity (Wildman–Crippen MR) is 170 cm³/mol. The van der Waals surface area contributed by atoms with Crippen LogP contribution in [0.3, 0.4) is 0 Å². The predicted octanol–water partition coefficient (Wildman–Crippen LogP) is 7.30. The van der Waals surface area contributed by atoms with E-state index in [2.05, 4.69) is 148 Å². The second kappa shape index (κ2) is 8.57. The summed E-state index contributed by atoms with van der Waals surface area (Å²) in [7, 11) is 0. The van der Waals surface area contributed by atoms with E-state index < -0.39 is 0 Å². The van der Waals surface area contributed by atoms with Gasteiger partial charge < -0.3 is 4.57 Å². The smallest absolute Gasteiger partial charge is 0.219 e. The minimum atomic E-state index is 0.922. The van der Waals surface area contributed by atoms with Crippen LogP contribution in [-0.2, 0) is 0 Å². The number of anilines is 1. The van der Waals surface area contributed by atoms with Crippen molar-refractivity contribution in [3.63, 3.8) is 0 Å². The summed E-state index contributed by atoms with van der Waals surface area (Å²) >= 11 is 0. The second-order valence-electron chi connectivity index (χ2n) is 10.8. The van der Waals surface area contributed by atoms with Crippen LogP contribution in [0.4, 0.5) is 5.95 Å². The van der Waals surface area contributed by atoms with Crippen LogP contribution in [0.25, 0.3) is 62.1 Å². The molecule has 4 heteroatoms. The molecule has 0 spiro atoms. The number of imidazole rings is 1. The Morgan fingerprint density at radius 3 is 2.12 bits per heavy atom. The Balaban J connectivity index is 1.39. The number of fused-ring (bicyclic) bond motifs is 5. The van der Waals surface area contributed by atoms with Gasteiger partial charge in [0.25, 0.3) is 0 Å². The third kappa shape index (κ3) is 3.19. The summed E-state index contributed by atoms with van der Waals surface area (Å²) in [6.45, 7) is 0. The first kappa shape index (κ1) is 22.5. The number of rotatable bonds is 3. The van der Waals surface area contributed by atoms with Crippen molar-refractivity contribution < 1.29 is 0 Å². The van der Waals surface area contributed by atoms with E-state index >= 15 is 0 Å². The van der Waals surface area contributed by atoms with Crippen LogP contribution in [-0.4, -0.2) is 14.1 Å². The van der Waals surface area contributed by atoms with Crippen molar-refractivity contribution >= 4 is 56.6 Å². The largest absolute Gasteiger partial charge is 0.309 e. The third-order valence-corrected chi connectivity index (χ3v) is 8.53. The Labute approximate surface area is 237 Å². The first-order chi connectivity index (χ1) is 20.4. The van der Waals surface area contributed by atoms with Crippen LogP contribution in [0.15, 0.2) is 121 Å². The first-order valence-electron chi connectivity index (χ1n) is 14.2. The molecule has 0 fully saturated rings. The molecular formula is C37H26N4. The fourth-order valence-corrected chi connectivity index (χ4v) is 6.83. The zero-order valence-electron chi connectivity index (χ0n) is 22.4. The molecule has 2 aromatic heterocycles. The number of para-hydroxylation sites is 5. The van der Waals surface area contributed by atoms with Gasteiger partial charge in [-0.25, -0.2) is 4.98 Å². The van der Waals surface area contributed by atoms with Gasteiger partial charge in [0, 0.05) is 44.5 Å². The summed E-state index contributed by atoms with van der Waals surface area (Å²) in [6.07, 6.45) is 8.87. The van der Waals surface area contributed by atoms with Crippen molar-refractivity contribution in [2.75, 3.05) is 4.90 Å². The van der Waals surface area contributed by atoms with Gasteiger partial charge in [0.1, 0.15) is 0 Å². The molecule has 7 aromatic rings. The summed E-state index contributed by atoms with van der Waals surface area (Å²) in [6, 6.07) is 40.9. The van der Waals surface area contributed by atoms with Gasteiger partial charge in [0.15, 0.2) is 0 Å². The van der Waals surface area contributed by atoms with E-state index in [1.807, 2.05) is 0 Å². The molecule has 194 valence electrons. The molecule has 1 aliphatic heterocycles. The van der Waals surface area contributed by atoms with Gasteiger partial charge in [0.2, 0.25) is 5.95 Å². The fourth-order valence-electron chi connectivity index (χ4n) is 6.83. The van der Waals surface area contributed by atoms with Gasteiger partial charge in [-0.15, -0.1) is 0 Å². The van der Waals surface area contributed by atoms with Gasteiger partial charge >= 0.3 is 0 Å². The van der Waals surface area contributed by atoms with Gasteiger partial charge in [-0.3, -0.25) is 9.47 Å². The molecule has 0 unspecified atom stereocenters. The Morgan fingerprint density at radius 2 is 1.32 bits per heavy atom. The molecule has 1 aliphatic carbocycles. The van der Waals surface area contributed by atoms with Crippen molar-refractivity contribution in [2.24, 2.45) is 0 Å². The summed E-state index contributed by atoms with van der Waals surface area (Å²) < 4.78 is 4.73. The molecule has 0 N–H and O–H groups in total. The Bertz CT molecular complexity index is 2300. The summed E-state index contributed by atoms with van der Waals surface area (Å²) in [5, 5.41) is 5.21. The normalized spacial score (nSPS) is 14.1. The van der Waals surface area contributed by atoms with E-state index in [0.29, 0.717) is 0 Å². The van der Waals surface area contributed by atoms with Gasteiger partial charge in [-0.1, -0.05) is 72.8 Å². The van der Waals surface area contributed by atoms with Crippen LogP contribution in [0.1, 0.15) is 18.4 Å². The van der Waals surface area contributed by atoms with E-state index in [1.54, 1.807) is 0 Å². The molecule has 41 heavy (non-hydrogen) atoms. The van der Waals surface area contributed by atoms with Crippen molar-refractivity contribution in [3.8, 4) is 11.4 Å². The van der Waals surface area contributed by atoms with E-state index in [4.69, 9.17) is 4.98 Å². The zero-order valence-corrected chi connectivity index (χ0v) is 22.4. The minimum Gasteiger partial charge on any atom is -0.309 e. The number of nitrogens with zero attached hydrogens (tertiary/aromatic N) is 4. The Morgan fingerprint density at radius 1 is 0.634 bits per heavy atom. The van der Waals surface area contributed by atoms with Crippen LogP contribution in [0.2, 0.25) is 0 Å². The highest BCUT2D eigenvalue weighted by molar-refractivity contribution is 6.10. The highest BCUT2D eigenvalue weighted by Crippen LogP contribution is 2.35. The summed E-state index contributed by atoms with van der Waals surface area (Å²) in [4.78, 5) is 7.53. The summed E-state index contributed by atoms with van der Waals surface area (Å²) in [5.74, 6) is 0.922. The molecule has 4 nitrogen and oxygen atoms in total. The lowest BCUT2D eigenvalue weighted by Gasteiger charge is -2.29. The monoisotopic (exact) mass is 526 g/mol.